The maximum atomic E-state index is 5.46. The van der Waals surface area contributed by atoms with Crippen LogP contribution in [-0.2, 0) is 0 Å². The Morgan fingerprint density at radius 2 is 2.30 bits per heavy atom. The normalized spacial score (nSPS) is 22.7. The van der Waals surface area contributed by atoms with Gasteiger partial charge in [-0.1, -0.05) is 0 Å². The number of fused-ring (bicyclic) bond motifs is 1. The van der Waals surface area contributed by atoms with Gasteiger partial charge in [0.2, 0.25) is 0 Å². The fourth-order valence-corrected chi connectivity index (χ4v) is 1.59. The summed E-state index contributed by atoms with van der Waals surface area (Å²) in [4.78, 5) is 0. The van der Waals surface area contributed by atoms with E-state index in [1.807, 2.05) is 17.7 Å². The van der Waals surface area contributed by atoms with Crippen molar-refractivity contribution in [2.75, 3.05) is 6.61 Å². The number of hydrogen-bond donors (Lipinski definition) is 0. The van der Waals surface area contributed by atoms with Crippen LogP contribution in [0.1, 0.15) is 6.92 Å². The van der Waals surface area contributed by atoms with E-state index in [4.69, 9.17) is 9.47 Å². The van der Waals surface area contributed by atoms with Crippen LogP contribution in [0, 0.1) is 0 Å². The molecule has 2 nitrogen and oxygen atoms in total. The van der Waals surface area contributed by atoms with E-state index in [9.17, 15) is 0 Å². The summed E-state index contributed by atoms with van der Waals surface area (Å²) in [5.41, 5.74) is 0. The van der Waals surface area contributed by atoms with E-state index in [1.165, 1.54) is 0 Å². The zero-order chi connectivity index (χ0) is 6.97. The Morgan fingerprint density at radius 1 is 1.50 bits per heavy atom. The third-order valence-electron chi connectivity index (χ3n) is 1.39. The van der Waals surface area contributed by atoms with Crippen LogP contribution >= 0.6 is 11.3 Å². The lowest BCUT2D eigenvalue weighted by Gasteiger charge is -2.20. The number of thiophene rings is 1. The second-order valence-corrected chi connectivity index (χ2v) is 3.08. The van der Waals surface area contributed by atoms with Crippen LogP contribution in [0.3, 0.4) is 0 Å². The molecule has 10 heavy (non-hydrogen) atoms. The highest BCUT2D eigenvalue weighted by Gasteiger charge is 2.16. The topological polar surface area (TPSA) is 18.5 Å². The number of rotatable bonds is 0. The Hall–Kier alpha value is -0.700. The van der Waals surface area contributed by atoms with E-state index in [0.717, 1.165) is 11.5 Å². The minimum Gasteiger partial charge on any atom is -0.485 e. The van der Waals surface area contributed by atoms with Crippen LogP contribution in [0.2, 0.25) is 0 Å². The van der Waals surface area contributed by atoms with Crippen molar-refractivity contribution < 1.29 is 9.47 Å². The Kier molecular flexibility index (Phi) is 1.31. The molecule has 2 heterocycles. The van der Waals surface area contributed by atoms with Gasteiger partial charge in [-0.2, -0.15) is 0 Å². The molecular formula is C7H8O2S. The van der Waals surface area contributed by atoms with Gasteiger partial charge < -0.3 is 9.47 Å². The molecule has 0 aromatic carbocycles. The first-order valence-corrected chi connectivity index (χ1v) is 4.16. The van der Waals surface area contributed by atoms with E-state index in [-0.39, 0.29) is 6.10 Å². The standard InChI is InChI=1S/C7H8O2S/c1-5-2-8-6-3-10-4-7(6)9-5/h3-5H,2H2,1H3/t5-/m0/s1. The Morgan fingerprint density at radius 3 is 3.20 bits per heavy atom. The lowest BCUT2D eigenvalue weighted by Crippen LogP contribution is -2.24. The summed E-state index contributed by atoms with van der Waals surface area (Å²) in [7, 11) is 0. The second kappa shape index (κ2) is 2.16. The average Bonchev–Trinajstić information content (AvgIpc) is 2.33. The van der Waals surface area contributed by atoms with Crippen LogP contribution in [0.15, 0.2) is 10.8 Å². The predicted molar refractivity (Wildman–Crippen MR) is 39.9 cm³/mol. The number of ether oxygens (including phenoxy) is 2. The third-order valence-corrected chi connectivity index (χ3v) is 2.10. The molecule has 0 bridgehead atoms. The fourth-order valence-electron chi connectivity index (χ4n) is 0.923. The highest BCUT2D eigenvalue weighted by atomic mass is 32.1. The molecule has 3 heteroatoms. The Balaban J connectivity index is 2.30. The zero-order valence-electron chi connectivity index (χ0n) is 5.66. The molecule has 0 N–H and O–H groups in total. The van der Waals surface area contributed by atoms with Gasteiger partial charge in [0.05, 0.1) is 0 Å². The zero-order valence-corrected chi connectivity index (χ0v) is 6.48. The average molecular weight is 156 g/mol. The van der Waals surface area contributed by atoms with E-state index >= 15 is 0 Å². The van der Waals surface area contributed by atoms with Gasteiger partial charge in [-0.25, -0.2) is 0 Å². The molecule has 1 aliphatic rings. The van der Waals surface area contributed by atoms with Crippen LogP contribution in [0.5, 0.6) is 11.5 Å². The van der Waals surface area contributed by atoms with Crippen molar-refractivity contribution in [2.24, 2.45) is 0 Å². The first kappa shape index (κ1) is 6.04. The highest BCUT2D eigenvalue weighted by molar-refractivity contribution is 7.08. The summed E-state index contributed by atoms with van der Waals surface area (Å²) >= 11 is 1.61. The maximum absolute atomic E-state index is 5.46. The van der Waals surface area contributed by atoms with Crippen molar-refractivity contribution >= 4 is 11.3 Å². The molecule has 1 atom stereocenters. The Labute approximate surface area is 63.4 Å². The summed E-state index contributed by atoms with van der Waals surface area (Å²) < 4.78 is 10.8. The maximum Gasteiger partial charge on any atom is 0.172 e. The largest absolute Gasteiger partial charge is 0.485 e. The second-order valence-electron chi connectivity index (χ2n) is 2.34. The summed E-state index contributed by atoms with van der Waals surface area (Å²) in [5, 5.41) is 3.92. The summed E-state index contributed by atoms with van der Waals surface area (Å²) in [6.45, 7) is 2.67. The molecule has 0 saturated heterocycles. The molecule has 1 aromatic heterocycles. The van der Waals surface area contributed by atoms with Crippen LogP contribution in [0.25, 0.3) is 0 Å². The molecule has 0 spiro atoms. The molecule has 1 aliphatic heterocycles. The predicted octanol–water partition coefficient (Wildman–Crippen LogP) is 1.91. The van der Waals surface area contributed by atoms with Gasteiger partial charge in [0.25, 0.3) is 0 Å². The van der Waals surface area contributed by atoms with Crippen LogP contribution in [0.4, 0.5) is 0 Å². The van der Waals surface area contributed by atoms with Gasteiger partial charge in [-0.15, -0.1) is 11.3 Å². The van der Waals surface area contributed by atoms with Gasteiger partial charge in [0.1, 0.15) is 12.7 Å². The SMILES string of the molecule is C[C@H]1COc2cscc2O1. The number of hydrogen-bond acceptors (Lipinski definition) is 3. The van der Waals surface area contributed by atoms with Crippen LogP contribution in [-0.4, -0.2) is 12.7 Å². The lowest BCUT2D eigenvalue weighted by molar-refractivity contribution is 0.106. The molecule has 0 amide bonds. The first-order chi connectivity index (χ1) is 4.86. The van der Waals surface area contributed by atoms with Crippen molar-refractivity contribution in [1.29, 1.82) is 0 Å². The third kappa shape index (κ3) is 0.865. The molecule has 0 unspecified atom stereocenters. The summed E-state index contributed by atoms with van der Waals surface area (Å²) in [6, 6.07) is 0. The first-order valence-electron chi connectivity index (χ1n) is 3.22. The van der Waals surface area contributed by atoms with E-state index < -0.39 is 0 Å². The lowest BCUT2D eigenvalue weighted by atomic mass is 10.4. The minimum atomic E-state index is 0.196. The van der Waals surface area contributed by atoms with E-state index in [0.29, 0.717) is 6.61 Å². The molecule has 0 saturated carbocycles. The van der Waals surface area contributed by atoms with Gasteiger partial charge in [-0.05, 0) is 6.92 Å². The molecule has 0 fully saturated rings. The van der Waals surface area contributed by atoms with Crippen molar-refractivity contribution in [2.45, 2.75) is 13.0 Å². The van der Waals surface area contributed by atoms with Crippen molar-refractivity contribution in [3.63, 3.8) is 0 Å². The molecule has 54 valence electrons. The quantitative estimate of drug-likeness (QED) is 0.571. The van der Waals surface area contributed by atoms with Gasteiger partial charge >= 0.3 is 0 Å². The smallest absolute Gasteiger partial charge is 0.172 e. The molecule has 2 rings (SSSR count). The summed E-state index contributed by atoms with van der Waals surface area (Å²) in [6.07, 6.45) is 0.196. The minimum absolute atomic E-state index is 0.196. The summed E-state index contributed by atoms with van der Waals surface area (Å²) in [5.74, 6) is 1.78. The molecule has 0 aliphatic carbocycles. The molecular weight excluding hydrogens is 148 g/mol. The highest BCUT2D eigenvalue weighted by Crippen LogP contribution is 2.34. The molecule has 1 aromatic rings. The van der Waals surface area contributed by atoms with Crippen molar-refractivity contribution in [1.82, 2.24) is 0 Å². The Bertz CT molecular complexity index is 231. The van der Waals surface area contributed by atoms with Crippen molar-refractivity contribution in [3.8, 4) is 11.5 Å². The van der Waals surface area contributed by atoms with E-state index in [1.54, 1.807) is 11.3 Å². The monoisotopic (exact) mass is 156 g/mol. The van der Waals surface area contributed by atoms with Gasteiger partial charge in [-0.3, -0.25) is 0 Å². The fraction of sp³-hybridized carbons (Fsp3) is 0.429. The van der Waals surface area contributed by atoms with Gasteiger partial charge in [0, 0.05) is 10.8 Å². The van der Waals surface area contributed by atoms with Crippen LogP contribution < -0.4 is 9.47 Å². The molecule has 0 radical (unpaired) electrons. The van der Waals surface area contributed by atoms with Gasteiger partial charge in [0.15, 0.2) is 11.5 Å². The van der Waals surface area contributed by atoms with Crippen molar-refractivity contribution in [3.05, 3.63) is 10.8 Å². The van der Waals surface area contributed by atoms with E-state index in [2.05, 4.69) is 0 Å².